The van der Waals surface area contributed by atoms with Crippen molar-refractivity contribution in [2.75, 3.05) is 12.0 Å². The van der Waals surface area contributed by atoms with E-state index in [9.17, 15) is 14.0 Å². The fraction of sp³-hybridized carbons (Fsp3) is 0.273. The van der Waals surface area contributed by atoms with Gasteiger partial charge in [0.1, 0.15) is 5.82 Å². The highest BCUT2D eigenvalue weighted by Crippen LogP contribution is 2.31. The normalized spacial score (nSPS) is 23.4. The van der Waals surface area contributed by atoms with Gasteiger partial charge >= 0.3 is 5.97 Å². The molecule has 2 rings (SSSR count). The molecule has 1 N–H and O–H groups in total. The largest absolute Gasteiger partial charge is 0.480 e. The van der Waals surface area contributed by atoms with E-state index in [-0.39, 0.29) is 5.69 Å². The Balaban J connectivity index is 2.36. The average molecular weight is 239 g/mol. The number of rotatable bonds is 3. The Morgan fingerprint density at radius 1 is 1.47 bits per heavy atom. The third-order valence-electron chi connectivity index (χ3n) is 2.66. The molecule has 1 saturated heterocycles. The molecule has 6 heteroatoms. The van der Waals surface area contributed by atoms with E-state index in [4.69, 9.17) is 9.84 Å². The van der Waals surface area contributed by atoms with Crippen LogP contribution in [0.5, 0.6) is 0 Å². The maximum absolute atomic E-state index is 13.5. The number of hydrogen-bond donors (Lipinski definition) is 1. The van der Waals surface area contributed by atoms with E-state index in [1.54, 1.807) is 0 Å². The number of halogens is 1. The summed E-state index contributed by atoms with van der Waals surface area (Å²) < 4.78 is 18.2. The standard InChI is InChI=1S/C11H10FNO4/c1-17-9-8(11(15)16)13(10(9)14)7-5-3-2-4-6(7)12/h2-5,8-9H,1H3,(H,15,16)/t8-,9+/m1/s1. The van der Waals surface area contributed by atoms with Gasteiger partial charge in [-0.25, -0.2) is 9.18 Å². The number of hydrogen-bond acceptors (Lipinski definition) is 3. The van der Waals surface area contributed by atoms with Gasteiger partial charge in [-0.2, -0.15) is 0 Å². The third-order valence-corrected chi connectivity index (χ3v) is 2.66. The quantitative estimate of drug-likeness (QED) is 0.786. The van der Waals surface area contributed by atoms with E-state index in [1.807, 2.05) is 0 Å². The maximum Gasteiger partial charge on any atom is 0.330 e. The molecule has 0 aliphatic carbocycles. The van der Waals surface area contributed by atoms with Crippen molar-refractivity contribution in [1.82, 2.24) is 0 Å². The van der Waals surface area contributed by atoms with Crippen LogP contribution >= 0.6 is 0 Å². The molecule has 0 spiro atoms. The number of β-lactam (4-membered cyclic amide) rings is 1. The third kappa shape index (κ3) is 1.66. The minimum Gasteiger partial charge on any atom is -0.480 e. The number of anilines is 1. The molecule has 2 atom stereocenters. The number of methoxy groups -OCH3 is 1. The smallest absolute Gasteiger partial charge is 0.330 e. The van der Waals surface area contributed by atoms with E-state index in [1.165, 1.54) is 31.4 Å². The molecule has 0 aromatic heterocycles. The molecule has 17 heavy (non-hydrogen) atoms. The second-order valence-electron chi connectivity index (χ2n) is 3.60. The highest BCUT2D eigenvalue weighted by atomic mass is 19.1. The summed E-state index contributed by atoms with van der Waals surface area (Å²) in [6.45, 7) is 0. The topological polar surface area (TPSA) is 66.8 Å². The van der Waals surface area contributed by atoms with E-state index >= 15 is 0 Å². The molecule has 1 aromatic carbocycles. The number of para-hydroxylation sites is 1. The summed E-state index contributed by atoms with van der Waals surface area (Å²) in [6.07, 6.45) is -1.05. The van der Waals surface area contributed by atoms with Crippen molar-refractivity contribution in [3.8, 4) is 0 Å². The lowest BCUT2D eigenvalue weighted by atomic mass is 9.96. The molecule has 1 amide bonds. The highest BCUT2D eigenvalue weighted by Gasteiger charge is 2.53. The molecule has 5 nitrogen and oxygen atoms in total. The van der Waals surface area contributed by atoms with E-state index < -0.39 is 29.8 Å². The van der Waals surface area contributed by atoms with Gasteiger partial charge in [0.2, 0.25) is 0 Å². The van der Waals surface area contributed by atoms with Gasteiger partial charge in [0.25, 0.3) is 5.91 Å². The van der Waals surface area contributed by atoms with Gasteiger partial charge in [-0.1, -0.05) is 12.1 Å². The van der Waals surface area contributed by atoms with Crippen molar-refractivity contribution in [3.63, 3.8) is 0 Å². The Bertz CT molecular complexity index is 476. The van der Waals surface area contributed by atoms with Crippen molar-refractivity contribution in [3.05, 3.63) is 30.1 Å². The van der Waals surface area contributed by atoms with Gasteiger partial charge in [0.15, 0.2) is 12.1 Å². The Hall–Kier alpha value is -1.95. The van der Waals surface area contributed by atoms with E-state index in [2.05, 4.69) is 0 Å². The van der Waals surface area contributed by atoms with Crippen molar-refractivity contribution in [2.24, 2.45) is 0 Å². The van der Waals surface area contributed by atoms with Gasteiger partial charge in [-0.05, 0) is 12.1 Å². The number of ether oxygens (including phenoxy) is 1. The summed E-state index contributed by atoms with van der Waals surface area (Å²) in [5, 5.41) is 8.98. The van der Waals surface area contributed by atoms with Crippen LogP contribution in [0.3, 0.4) is 0 Å². The molecule has 1 fully saturated rings. The summed E-state index contributed by atoms with van der Waals surface area (Å²) in [5.41, 5.74) is -0.0433. The van der Waals surface area contributed by atoms with Crippen LogP contribution in [0.2, 0.25) is 0 Å². The van der Waals surface area contributed by atoms with Crippen LogP contribution in [-0.2, 0) is 14.3 Å². The first-order valence-corrected chi connectivity index (χ1v) is 4.91. The van der Waals surface area contributed by atoms with Crippen molar-refractivity contribution in [2.45, 2.75) is 12.1 Å². The summed E-state index contributed by atoms with van der Waals surface area (Å²) in [4.78, 5) is 23.5. The molecule has 1 aliphatic rings. The van der Waals surface area contributed by atoms with Gasteiger partial charge < -0.3 is 9.84 Å². The van der Waals surface area contributed by atoms with Crippen LogP contribution in [0.4, 0.5) is 10.1 Å². The maximum atomic E-state index is 13.5. The molecule has 0 bridgehead atoms. The first-order valence-electron chi connectivity index (χ1n) is 4.91. The number of carbonyl (C=O) groups excluding carboxylic acids is 1. The molecular formula is C11H10FNO4. The monoisotopic (exact) mass is 239 g/mol. The SMILES string of the molecule is CO[C@@H]1C(=O)N(c2ccccc2F)[C@H]1C(=O)O. The number of aliphatic carboxylic acids is 1. The van der Waals surface area contributed by atoms with Crippen LogP contribution in [-0.4, -0.2) is 36.2 Å². The zero-order valence-corrected chi connectivity index (χ0v) is 8.96. The molecule has 0 unspecified atom stereocenters. The zero-order chi connectivity index (χ0) is 12.6. The molecule has 1 heterocycles. The summed E-state index contributed by atoms with van der Waals surface area (Å²) in [7, 11) is 1.25. The van der Waals surface area contributed by atoms with E-state index in [0.717, 1.165) is 4.90 Å². The first-order chi connectivity index (χ1) is 8.07. The highest BCUT2D eigenvalue weighted by molar-refractivity contribution is 6.12. The van der Waals surface area contributed by atoms with Crippen LogP contribution in [0, 0.1) is 5.82 Å². The summed E-state index contributed by atoms with van der Waals surface area (Å²) in [6, 6.07) is 4.35. The number of benzene rings is 1. The predicted molar refractivity (Wildman–Crippen MR) is 56.1 cm³/mol. The van der Waals surface area contributed by atoms with Gasteiger partial charge in [0, 0.05) is 7.11 Å². The minimum absolute atomic E-state index is 0.0433. The number of carbonyl (C=O) groups is 2. The summed E-state index contributed by atoms with van der Waals surface area (Å²) in [5.74, 6) is -2.41. The predicted octanol–water partition coefficient (Wildman–Crippen LogP) is 0.641. The number of carboxylic acid groups (broad SMARTS) is 1. The van der Waals surface area contributed by atoms with Crippen molar-refractivity contribution in [1.29, 1.82) is 0 Å². The lowest BCUT2D eigenvalue weighted by molar-refractivity contribution is -0.156. The number of nitrogens with zero attached hydrogens (tertiary/aromatic N) is 1. The van der Waals surface area contributed by atoms with Gasteiger partial charge in [-0.3, -0.25) is 9.69 Å². The molecular weight excluding hydrogens is 229 g/mol. The van der Waals surface area contributed by atoms with Crippen molar-refractivity contribution < 1.29 is 23.8 Å². The second-order valence-corrected chi connectivity index (χ2v) is 3.60. The van der Waals surface area contributed by atoms with Crippen LogP contribution in [0.15, 0.2) is 24.3 Å². The lowest BCUT2D eigenvalue weighted by Gasteiger charge is -2.43. The van der Waals surface area contributed by atoms with Gasteiger partial charge in [0.05, 0.1) is 5.69 Å². The van der Waals surface area contributed by atoms with Crippen LogP contribution < -0.4 is 4.90 Å². The van der Waals surface area contributed by atoms with Crippen LogP contribution in [0.1, 0.15) is 0 Å². The van der Waals surface area contributed by atoms with E-state index in [0.29, 0.717) is 0 Å². The Kier molecular flexibility index (Phi) is 2.81. The summed E-state index contributed by atoms with van der Waals surface area (Å²) >= 11 is 0. The fourth-order valence-electron chi connectivity index (χ4n) is 1.85. The second kappa shape index (κ2) is 4.14. The van der Waals surface area contributed by atoms with Gasteiger partial charge in [-0.15, -0.1) is 0 Å². The number of amides is 1. The van der Waals surface area contributed by atoms with Crippen molar-refractivity contribution >= 4 is 17.6 Å². The molecule has 1 aliphatic heterocycles. The Morgan fingerprint density at radius 3 is 2.65 bits per heavy atom. The minimum atomic E-state index is -1.22. The Morgan fingerprint density at radius 2 is 2.12 bits per heavy atom. The molecule has 90 valence electrons. The molecule has 1 aromatic rings. The zero-order valence-electron chi connectivity index (χ0n) is 8.96. The lowest BCUT2D eigenvalue weighted by Crippen LogP contribution is -2.69. The molecule has 0 radical (unpaired) electrons. The average Bonchev–Trinajstić information content (AvgIpc) is 2.28. The van der Waals surface area contributed by atoms with Crippen LogP contribution in [0.25, 0.3) is 0 Å². The Labute approximate surface area is 96.4 Å². The molecule has 0 saturated carbocycles. The number of carboxylic acids is 1. The first kappa shape index (κ1) is 11.5. The fourth-order valence-corrected chi connectivity index (χ4v) is 1.85.